The van der Waals surface area contributed by atoms with Gasteiger partial charge in [-0.3, -0.25) is 9.69 Å². The molecule has 0 N–H and O–H groups in total. The van der Waals surface area contributed by atoms with Gasteiger partial charge in [-0.2, -0.15) is 0 Å². The highest BCUT2D eigenvalue weighted by molar-refractivity contribution is 5.95. The maximum atomic E-state index is 13.0. The van der Waals surface area contributed by atoms with Crippen LogP contribution in [-0.4, -0.2) is 62.7 Å². The highest BCUT2D eigenvalue weighted by Gasteiger charge is 2.21. The third kappa shape index (κ3) is 5.41. The largest absolute Gasteiger partial charge is 0.497 e. The van der Waals surface area contributed by atoms with Gasteiger partial charge >= 0.3 is 0 Å². The molecule has 6 heteroatoms. The Hall–Kier alpha value is -2.73. The van der Waals surface area contributed by atoms with Crippen LogP contribution in [0.4, 0.5) is 0 Å². The van der Waals surface area contributed by atoms with E-state index in [0.29, 0.717) is 30.2 Å². The molecule has 29 heavy (non-hydrogen) atoms. The number of hydrogen-bond acceptors (Lipinski definition) is 5. The molecule has 0 spiro atoms. The van der Waals surface area contributed by atoms with E-state index in [9.17, 15) is 4.79 Å². The maximum absolute atomic E-state index is 13.0. The summed E-state index contributed by atoms with van der Waals surface area (Å²) in [7, 11) is 3.27. The van der Waals surface area contributed by atoms with E-state index >= 15 is 0 Å². The van der Waals surface area contributed by atoms with Crippen LogP contribution in [0, 0.1) is 0 Å². The lowest BCUT2D eigenvalue weighted by Crippen LogP contribution is -2.35. The fraction of sp³-hybridized carbons (Fsp3) is 0.435. The molecular formula is C23H30N2O4. The van der Waals surface area contributed by atoms with Crippen molar-refractivity contribution >= 4 is 5.91 Å². The van der Waals surface area contributed by atoms with Gasteiger partial charge in [0.05, 0.1) is 20.8 Å². The number of benzene rings is 2. The zero-order valence-electron chi connectivity index (χ0n) is 17.5. The van der Waals surface area contributed by atoms with E-state index in [0.717, 1.165) is 38.3 Å². The van der Waals surface area contributed by atoms with Gasteiger partial charge in [-0.15, -0.1) is 0 Å². The average Bonchev–Trinajstić information content (AvgIpc) is 3.00. The highest BCUT2D eigenvalue weighted by atomic mass is 16.5. The van der Waals surface area contributed by atoms with E-state index < -0.39 is 0 Å². The van der Waals surface area contributed by atoms with E-state index in [-0.39, 0.29) is 5.91 Å². The number of carbonyl (C=O) groups excluding carboxylic acids is 1. The van der Waals surface area contributed by atoms with Gasteiger partial charge in [0, 0.05) is 38.3 Å². The average molecular weight is 399 g/mol. The fourth-order valence-electron chi connectivity index (χ4n) is 3.58. The first kappa shape index (κ1) is 21.0. The molecule has 2 aromatic carbocycles. The van der Waals surface area contributed by atoms with Gasteiger partial charge in [-0.05, 0) is 49.2 Å². The lowest BCUT2D eigenvalue weighted by Gasteiger charge is -2.22. The van der Waals surface area contributed by atoms with Crippen molar-refractivity contribution in [2.75, 3.05) is 47.0 Å². The highest BCUT2D eigenvalue weighted by Crippen LogP contribution is 2.28. The second kappa shape index (κ2) is 10.2. The Balaban J connectivity index is 1.61. The summed E-state index contributed by atoms with van der Waals surface area (Å²) in [6, 6.07) is 13.6. The van der Waals surface area contributed by atoms with Crippen LogP contribution in [0.25, 0.3) is 0 Å². The molecule has 0 unspecified atom stereocenters. The molecule has 1 heterocycles. The standard InChI is InChI=1S/C23H30N2O4/c1-4-29-21-11-8-19(16-22(21)28-3)23(26)25-13-5-12-24(14-15-25)17-18-6-9-20(27-2)10-7-18/h6-11,16H,4-5,12-15,17H2,1-3H3. The van der Waals surface area contributed by atoms with E-state index in [4.69, 9.17) is 14.2 Å². The summed E-state index contributed by atoms with van der Waals surface area (Å²) in [5, 5.41) is 0. The topological polar surface area (TPSA) is 51.2 Å². The molecule has 0 radical (unpaired) electrons. The zero-order valence-corrected chi connectivity index (χ0v) is 17.5. The Labute approximate surface area is 173 Å². The minimum atomic E-state index is 0.0395. The monoisotopic (exact) mass is 398 g/mol. The van der Waals surface area contributed by atoms with Crippen molar-refractivity contribution in [3.05, 3.63) is 53.6 Å². The smallest absolute Gasteiger partial charge is 0.254 e. The molecule has 2 aromatic rings. The third-order valence-electron chi connectivity index (χ3n) is 5.15. The summed E-state index contributed by atoms with van der Waals surface area (Å²) in [6.07, 6.45) is 0.954. The zero-order chi connectivity index (χ0) is 20.6. The van der Waals surface area contributed by atoms with Crippen LogP contribution in [-0.2, 0) is 6.54 Å². The predicted octanol–water partition coefficient (Wildman–Crippen LogP) is 3.45. The molecule has 1 fully saturated rings. The number of hydrogen-bond donors (Lipinski definition) is 0. The molecule has 6 nitrogen and oxygen atoms in total. The van der Waals surface area contributed by atoms with E-state index in [1.54, 1.807) is 20.3 Å². The van der Waals surface area contributed by atoms with Crippen LogP contribution in [0.5, 0.6) is 17.2 Å². The van der Waals surface area contributed by atoms with Gasteiger partial charge in [-0.25, -0.2) is 0 Å². The Morgan fingerprint density at radius 2 is 1.72 bits per heavy atom. The van der Waals surface area contributed by atoms with Gasteiger partial charge in [0.15, 0.2) is 11.5 Å². The summed E-state index contributed by atoms with van der Waals surface area (Å²) < 4.78 is 16.2. The normalized spacial score (nSPS) is 14.9. The molecular weight excluding hydrogens is 368 g/mol. The van der Waals surface area contributed by atoms with Crippen LogP contribution >= 0.6 is 0 Å². The molecule has 156 valence electrons. The Morgan fingerprint density at radius 1 is 0.931 bits per heavy atom. The predicted molar refractivity (Wildman–Crippen MR) is 113 cm³/mol. The first-order chi connectivity index (χ1) is 14.1. The molecule has 1 saturated heterocycles. The summed E-state index contributed by atoms with van der Waals surface area (Å²) in [5.41, 5.74) is 1.88. The van der Waals surface area contributed by atoms with Gasteiger partial charge in [0.2, 0.25) is 0 Å². The quantitative estimate of drug-likeness (QED) is 0.715. The number of methoxy groups -OCH3 is 2. The molecule has 0 bridgehead atoms. The van der Waals surface area contributed by atoms with Gasteiger partial charge in [0.25, 0.3) is 5.91 Å². The van der Waals surface area contributed by atoms with Crippen LogP contribution in [0.3, 0.4) is 0 Å². The fourth-order valence-corrected chi connectivity index (χ4v) is 3.58. The van der Waals surface area contributed by atoms with E-state index in [1.807, 2.05) is 36.1 Å². The maximum Gasteiger partial charge on any atom is 0.254 e. The first-order valence-electron chi connectivity index (χ1n) is 10.1. The van der Waals surface area contributed by atoms with Crippen molar-refractivity contribution in [2.45, 2.75) is 19.9 Å². The Bertz CT molecular complexity index is 807. The Morgan fingerprint density at radius 3 is 2.41 bits per heavy atom. The van der Waals surface area contributed by atoms with E-state index in [2.05, 4.69) is 17.0 Å². The summed E-state index contributed by atoms with van der Waals surface area (Å²) >= 11 is 0. The SMILES string of the molecule is CCOc1ccc(C(=O)N2CCCN(Cc3ccc(OC)cc3)CC2)cc1OC. The Kier molecular flexibility index (Phi) is 7.36. The molecule has 0 aromatic heterocycles. The number of rotatable bonds is 7. The summed E-state index contributed by atoms with van der Waals surface area (Å²) in [4.78, 5) is 17.4. The molecule has 1 aliphatic heterocycles. The second-order valence-electron chi connectivity index (χ2n) is 7.07. The van der Waals surface area contributed by atoms with Crippen LogP contribution in [0.2, 0.25) is 0 Å². The lowest BCUT2D eigenvalue weighted by molar-refractivity contribution is 0.0760. The second-order valence-corrected chi connectivity index (χ2v) is 7.07. The van der Waals surface area contributed by atoms with Gasteiger partial charge in [0.1, 0.15) is 5.75 Å². The van der Waals surface area contributed by atoms with Crippen molar-refractivity contribution in [1.29, 1.82) is 0 Å². The summed E-state index contributed by atoms with van der Waals surface area (Å²) in [5.74, 6) is 2.16. The van der Waals surface area contributed by atoms with Crippen molar-refractivity contribution < 1.29 is 19.0 Å². The number of nitrogens with zero attached hydrogens (tertiary/aromatic N) is 2. The number of ether oxygens (including phenoxy) is 3. The molecule has 1 aliphatic rings. The van der Waals surface area contributed by atoms with Crippen molar-refractivity contribution in [3.8, 4) is 17.2 Å². The minimum absolute atomic E-state index is 0.0395. The van der Waals surface area contributed by atoms with Crippen LogP contribution < -0.4 is 14.2 Å². The lowest BCUT2D eigenvalue weighted by atomic mass is 10.1. The molecule has 3 rings (SSSR count). The van der Waals surface area contributed by atoms with Crippen molar-refractivity contribution in [2.24, 2.45) is 0 Å². The molecule has 1 amide bonds. The van der Waals surface area contributed by atoms with Crippen LogP contribution in [0.1, 0.15) is 29.3 Å². The van der Waals surface area contributed by atoms with Crippen molar-refractivity contribution in [3.63, 3.8) is 0 Å². The first-order valence-corrected chi connectivity index (χ1v) is 10.1. The van der Waals surface area contributed by atoms with Gasteiger partial charge in [-0.1, -0.05) is 12.1 Å². The van der Waals surface area contributed by atoms with Crippen LogP contribution in [0.15, 0.2) is 42.5 Å². The molecule has 0 aliphatic carbocycles. The summed E-state index contributed by atoms with van der Waals surface area (Å²) in [6.45, 7) is 6.66. The molecule has 0 atom stereocenters. The number of amides is 1. The minimum Gasteiger partial charge on any atom is -0.497 e. The van der Waals surface area contributed by atoms with E-state index in [1.165, 1.54) is 5.56 Å². The third-order valence-corrected chi connectivity index (χ3v) is 5.15. The van der Waals surface area contributed by atoms with Gasteiger partial charge < -0.3 is 19.1 Å². The molecule has 0 saturated carbocycles. The van der Waals surface area contributed by atoms with Crippen molar-refractivity contribution in [1.82, 2.24) is 9.80 Å². The number of carbonyl (C=O) groups is 1.